The van der Waals surface area contributed by atoms with Gasteiger partial charge in [0.05, 0.1) is 0 Å². The third-order valence-electron chi connectivity index (χ3n) is 3.21. The number of rotatable bonds is 3. The molecule has 0 bridgehead atoms. The Morgan fingerprint density at radius 2 is 2.38 bits per heavy atom. The molecule has 2 nitrogen and oxygen atoms in total. The Balaban J connectivity index is 1.90. The third-order valence-corrected chi connectivity index (χ3v) is 4.89. The van der Waals surface area contributed by atoms with Crippen LogP contribution in [0.3, 0.4) is 0 Å². The van der Waals surface area contributed by atoms with Gasteiger partial charge in [-0.2, -0.15) is 0 Å². The lowest BCUT2D eigenvalue weighted by Crippen LogP contribution is -2.44. The second-order valence-corrected chi connectivity index (χ2v) is 6.64. The summed E-state index contributed by atoms with van der Waals surface area (Å²) in [5, 5.41) is 2.17. The van der Waals surface area contributed by atoms with Crippen molar-refractivity contribution in [3.63, 3.8) is 0 Å². The molecule has 0 aromatic carbocycles. The zero-order valence-corrected chi connectivity index (χ0v) is 12.4. The van der Waals surface area contributed by atoms with E-state index in [0.717, 1.165) is 12.6 Å². The van der Waals surface area contributed by atoms with Crippen LogP contribution in [0.5, 0.6) is 0 Å². The quantitative estimate of drug-likeness (QED) is 0.847. The molecule has 0 radical (unpaired) electrons. The van der Waals surface area contributed by atoms with E-state index in [-0.39, 0.29) is 0 Å². The van der Waals surface area contributed by atoms with Gasteiger partial charge in [-0.15, -0.1) is 11.3 Å². The van der Waals surface area contributed by atoms with Crippen LogP contribution >= 0.6 is 27.3 Å². The zero-order valence-electron chi connectivity index (χ0n) is 9.95. The third kappa shape index (κ3) is 3.29. The van der Waals surface area contributed by atoms with Gasteiger partial charge in [-0.3, -0.25) is 4.90 Å². The molecule has 0 amide bonds. The fourth-order valence-electron chi connectivity index (χ4n) is 2.25. The molecular formula is C12H19BrN2S. The molecule has 4 heteroatoms. The Kier molecular flexibility index (Phi) is 4.41. The lowest BCUT2D eigenvalue weighted by molar-refractivity contribution is 0.129. The molecule has 1 unspecified atom stereocenters. The molecule has 0 saturated carbocycles. The van der Waals surface area contributed by atoms with Crippen molar-refractivity contribution in [3.8, 4) is 0 Å². The summed E-state index contributed by atoms with van der Waals surface area (Å²) in [5.74, 6) is 0. The van der Waals surface area contributed by atoms with E-state index in [1.165, 1.54) is 35.3 Å². The summed E-state index contributed by atoms with van der Waals surface area (Å²) >= 11 is 5.37. The maximum atomic E-state index is 3.52. The largest absolute Gasteiger partial charge is 0.305 e. The predicted molar refractivity (Wildman–Crippen MR) is 74.0 cm³/mol. The number of nitrogens with zero attached hydrogens (tertiary/aromatic N) is 2. The highest BCUT2D eigenvalue weighted by Gasteiger charge is 2.21. The van der Waals surface area contributed by atoms with Gasteiger partial charge in [-0.1, -0.05) is 0 Å². The van der Waals surface area contributed by atoms with E-state index in [1.54, 1.807) is 0 Å². The van der Waals surface area contributed by atoms with Crippen molar-refractivity contribution in [3.05, 3.63) is 20.8 Å². The molecule has 1 aliphatic heterocycles. The molecule has 1 aliphatic rings. The van der Waals surface area contributed by atoms with Gasteiger partial charge in [0.15, 0.2) is 0 Å². The zero-order chi connectivity index (χ0) is 11.5. The number of piperidine rings is 1. The summed E-state index contributed by atoms with van der Waals surface area (Å²) in [7, 11) is 4.38. The van der Waals surface area contributed by atoms with Crippen molar-refractivity contribution in [2.45, 2.75) is 25.4 Å². The topological polar surface area (TPSA) is 6.48 Å². The maximum absolute atomic E-state index is 3.52. The number of halogens is 1. The first-order valence-corrected chi connectivity index (χ1v) is 7.44. The van der Waals surface area contributed by atoms with E-state index < -0.39 is 0 Å². The highest BCUT2D eigenvalue weighted by molar-refractivity contribution is 9.10. The molecule has 1 atom stereocenters. The second kappa shape index (κ2) is 5.63. The van der Waals surface area contributed by atoms with E-state index >= 15 is 0 Å². The van der Waals surface area contributed by atoms with Crippen molar-refractivity contribution < 1.29 is 0 Å². The van der Waals surface area contributed by atoms with Gasteiger partial charge in [0.1, 0.15) is 0 Å². The monoisotopic (exact) mass is 302 g/mol. The van der Waals surface area contributed by atoms with Crippen LogP contribution in [0.4, 0.5) is 0 Å². The molecule has 1 aromatic rings. The molecule has 2 rings (SSSR count). The van der Waals surface area contributed by atoms with Crippen molar-refractivity contribution in [1.29, 1.82) is 0 Å². The van der Waals surface area contributed by atoms with Crippen molar-refractivity contribution >= 4 is 27.3 Å². The number of hydrogen-bond acceptors (Lipinski definition) is 3. The first-order chi connectivity index (χ1) is 7.65. The van der Waals surface area contributed by atoms with Gasteiger partial charge < -0.3 is 4.90 Å². The Morgan fingerprint density at radius 1 is 1.56 bits per heavy atom. The molecule has 0 N–H and O–H groups in total. The van der Waals surface area contributed by atoms with Crippen LogP contribution in [0.2, 0.25) is 0 Å². The average molecular weight is 303 g/mol. The number of thiophene rings is 1. The Morgan fingerprint density at radius 3 is 3.00 bits per heavy atom. The van der Waals surface area contributed by atoms with E-state index in [0.29, 0.717) is 0 Å². The van der Waals surface area contributed by atoms with Crippen LogP contribution in [0.15, 0.2) is 15.9 Å². The van der Waals surface area contributed by atoms with Crippen molar-refractivity contribution in [2.24, 2.45) is 0 Å². The number of hydrogen-bond donors (Lipinski definition) is 0. The van der Waals surface area contributed by atoms with Crippen LogP contribution in [0.1, 0.15) is 17.7 Å². The van der Waals surface area contributed by atoms with Crippen LogP contribution < -0.4 is 0 Å². The first kappa shape index (κ1) is 12.6. The van der Waals surface area contributed by atoms with Crippen LogP contribution in [-0.4, -0.2) is 43.0 Å². The van der Waals surface area contributed by atoms with E-state index in [4.69, 9.17) is 0 Å². The van der Waals surface area contributed by atoms with Gasteiger partial charge in [0.2, 0.25) is 0 Å². The Labute approximate surface area is 110 Å². The van der Waals surface area contributed by atoms with E-state index in [1.807, 2.05) is 11.3 Å². The van der Waals surface area contributed by atoms with Gasteiger partial charge in [0.25, 0.3) is 0 Å². The summed E-state index contributed by atoms with van der Waals surface area (Å²) in [4.78, 5) is 6.40. The normalized spacial score (nSPS) is 22.9. The second-order valence-electron chi connectivity index (χ2n) is 4.73. The summed E-state index contributed by atoms with van der Waals surface area (Å²) in [6.45, 7) is 3.57. The molecule has 90 valence electrons. The van der Waals surface area contributed by atoms with E-state index in [9.17, 15) is 0 Å². The number of likely N-dealkylation sites (N-methyl/N-ethyl adjacent to an activating group) is 1. The van der Waals surface area contributed by atoms with E-state index in [2.05, 4.69) is 51.3 Å². The molecule has 0 aliphatic carbocycles. The molecule has 16 heavy (non-hydrogen) atoms. The summed E-state index contributed by atoms with van der Waals surface area (Å²) in [6, 6.07) is 2.97. The van der Waals surface area contributed by atoms with Crippen LogP contribution in [-0.2, 0) is 6.54 Å². The van der Waals surface area contributed by atoms with Gasteiger partial charge in [-0.05, 0) is 55.5 Å². The molecule has 2 heterocycles. The fraction of sp³-hybridized carbons (Fsp3) is 0.667. The summed E-state index contributed by atoms with van der Waals surface area (Å²) in [5.41, 5.74) is 0. The van der Waals surface area contributed by atoms with Crippen molar-refractivity contribution in [2.75, 3.05) is 27.2 Å². The number of likely N-dealkylation sites (tertiary alicyclic amines) is 1. The minimum atomic E-state index is 0.733. The lowest BCUT2D eigenvalue weighted by Gasteiger charge is -2.35. The highest BCUT2D eigenvalue weighted by atomic mass is 79.9. The highest BCUT2D eigenvalue weighted by Crippen LogP contribution is 2.23. The first-order valence-electron chi connectivity index (χ1n) is 5.77. The molecule has 1 saturated heterocycles. The SMILES string of the molecule is CN(C)C1CCCN(Cc2cc(Br)cs2)C1. The average Bonchev–Trinajstić information content (AvgIpc) is 2.64. The van der Waals surface area contributed by atoms with Crippen LogP contribution in [0, 0.1) is 0 Å². The molecular weight excluding hydrogens is 284 g/mol. The summed E-state index contributed by atoms with van der Waals surface area (Å²) in [6.07, 6.45) is 2.67. The van der Waals surface area contributed by atoms with Gasteiger partial charge in [-0.25, -0.2) is 0 Å². The Hall–Kier alpha value is 0.1000. The van der Waals surface area contributed by atoms with Crippen LogP contribution in [0.25, 0.3) is 0 Å². The fourth-order valence-corrected chi connectivity index (χ4v) is 3.75. The molecule has 1 fully saturated rings. The van der Waals surface area contributed by atoms with Gasteiger partial charge >= 0.3 is 0 Å². The smallest absolute Gasteiger partial charge is 0.0328 e. The van der Waals surface area contributed by atoms with Crippen molar-refractivity contribution in [1.82, 2.24) is 9.80 Å². The minimum absolute atomic E-state index is 0.733. The predicted octanol–water partition coefficient (Wildman–Crippen LogP) is 3.04. The minimum Gasteiger partial charge on any atom is -0.305 e. The Bertz CT molecular complexity index is 338. The lowest BCUT2D eigenvalue weighted by atomic mass is 10.1. The van der Waals surface area contributed by atoms with Gasteiger partial charge in [0, 0.05) is 33.9 Å². The maximum Gasteiger partial charge on any atom is 0.0328 e. The standard InChI is InChI=1S/C12H19BrN2S/c1-14(2)11-4-3-5-15(7-11)8-12-6-10(13)9-16-12/h6,9,11H,3-5,7-8H2,1-2H3. The summed E-state index contributed by atoms with van der Waals surface area (Å²) < 4.78 is 1.22. The molecule has 1 aromatic heterocycles. The molecule has 0 spiro atoms.